The van der Waals surface area contributed by atoms with E-state index >= 15 is 0 Å². The molecule has 0 spiro atoms. The Morgan fingerprint density at radius 2 is 1.73 bits per heavy atom. The van der Waals surface area contributed by atoms with Gasteiger partial charge in [-0.15, -0.1) is 0 Å². The Labute approximate surface area is 138 Å². The zero-order valence-electron chi connectivity index (χ0n) is 13.3. The van der Waals surface area contributed by atoms with Crippen LogP contribution in [0.2, 0.25) is 0 Å². The lowest BCUT2D eigenvalue weighted by atomic mass is 10.2. The summed E-state index contributed by atoms with van der Waals surface area (Å²) >= 11 is 5.58. The van der Waals surface area contributed by atoms with Crippen molar-refractivity contribution in [3.63, 3.8) is 0 Å². The van der Waals surface area contributed by atoms with Gasteiger partial charge in [0.05, 0.1) is 7.11 Å². The Morgan fingerprint density at radius 3 is 2.32 bits per heavy atom. The Morgan fingerprint density at radius 1 is 1.09 bits per heavy atom. The van der Waals surface area contributed by atoms with Crippen LogP contribution in [0.25, 0.3) is 0 Å². The van der Waals surface area contributed by atoms with E-state index in [1.165, 1.54) is 31.4 Å². The summed E-state index contributed by atoms with van der Waals surface area (Å²) < 4.78 is 5.22. The molecule has 120 valence electrons. The molecule has 2 aliphatic rings. The Bertz CT molecular complexity index is 491. The first kappa shape index (κ1) is 15.4. The van der Waals surface area contributed by atoms with E-state index in [1.54, 1.807) is 7.11 Å². The number of ether oxygens (including phenoxy) is 1. The molecule has 5 heteroatoms. The van der Waals surface area contributed by atoms with E-state index in [4.69, 9.17) is 17.0 Å². The molecule has 1 aliphatic carbocycles. The number of nitrogens with one attached hydrogen (secondary N) is 1. The number of piperazine rings is 1. The van der Waals surface area contributed by atoms with Crippen molar-refractivity contribution in [3.8, 4) is 5.75 Å². The summed E-state index contributed by atoms with van der Waals surface area (Å²) in [6.07, 6.45) is 5.22. The lowest BCUT2D eigenvalue weighted by Crippen LogP contribution is -2.53. The summed E-state index contributed by atoms with van der Waals surface area (Å²) in [4.78, 5) is 4.72. The van der Waals surface area contributed by atoms with Crippen molar-refractivity contribution in [1.82, 2.24) is 10.2 Å². The SMILES string of the molecule is COc1ccc(N2CCN(C(=S)NC3CCCC3)CC2)cc1. The third kappa shape index (κ3) is 3.64. The highest BCUT2D eigenvalue weighted by molar-refractivity contribution is 7.80. The number of hydrogen-bond acceptors (Lipinski definition) is 3. The molecule has 0 amide bonds. The molecule has 1 aromatic rings. The van der Waals surface area contributed by atoms with Crippen molar-refractivity contribution in [3.05, 3.63) is 24.3 Å². The fourth-order valence-electron chi connectivity index (χ4n) is 3.30. The van der Waals surface area contributed by atoms with Gasteiger partial charge in [-0.05, 0) is 49.3 Å². The van der Waals surface area contributed by atoms with Crippen LogP contribution in [0, 0.1) is 0 Å². The summed E-state index contributed by atoms with van der Waals surface area (Å²) in [7, 11) is 1.70. The van der Waals surface area contributed by atoms with Gasteiger partial charge in [0.25, 0.3) is 0 Å². The van der Waals surface area contributed by atoms with Gasteiger partial charge in [0.15, 0.2) is 5.11 Å². The third-order valence-corrected chi connectivity index (χ3v) is 5.06. The lowest BCUT2D eigenvalue weighted by molar-refractivity contribution is 0.374. The monoisotopic (exact) mass is 319 g/mol. The summed E-state index contributed by atoms with van der Waals surface area (Å²) in [5, 5.41) is 4.49. The average Bonchev–Trinajstić information content (AvgIpc) is 3.08. The van der Waals surface area contributed by atoms with Gasteiger partial charge in [0.1, 0.15) is 5.75 Å². The van der Waals surface area contributed by atoms with E-state index in [2.05, 4.69) is 27.2 Å². The van der Waals surface area contributed by atoms with E-state index in [0.29, 0.717) is 6.04 Å². The molecule has 1 aliphatic heterocycles. The van der Waals surface area contributed by atoms with Gasteiger partial charge in [0, 0.05) is 37.9 Å². The molecule has 0 bridgehead atoms. The van der Waals surface area contributed by atoms with Gasteiger partial charge in [0.2, 0.25) is 0 Å². The molecule has 2 fully saturated rings. The first-order chi connectivity index (χ1) is 10.8. The van der Waals surface area contributed by atoms with E-state index in [0.717, 1.165) is 37.0 Å². The van der Waals surface area contributed by atoms with Crippen LogP contribution in [0.3, 0.4) is 0 Å². The Hall–Kier alpha value is -1.49. The second-order valence-corrected chi connectivity index (χ2v) is 6.49. The summed E-state index contributed by atoms with van der Waals surface area (Å²) in [6, 6.07) is 8.90. The van der Waals surface area contributed by atoms with Crippen molar-refractivity contribution >= 4 is 23.0 Å². The normalized spacial score (nSPS) is 19.3. The van der Waals surface area contributed by atoms with Crippen LogP contribution in [0.4, 0.5) is 5.69 Å². The number of hydrogen-bond donors (Lipinski definition) is 1. The first-order valence-corrected chi connectivity index (χ1v) is 8.61. The van der Waals surface area contributed by atoms with Crippen LogP contribution < -0.4 is 15.0 Å². The van der Waals surface area contributed by atoms with Crippen molar-refractivity contribution in [2.75, 3.05) is 38.2 Å². The maximum atomic E-state index is 5.58. The van der Waals surface area contributed by atoms with Gasteiger partial charge >= 0.3 is 0 Å². The molecule has 1 aromatic carbocycles. The lowest BCUT2D eigenvalue weighted by Gasteiger charge is -2.38. The third-order valence-electron chi connectivity index (χ3n) is 4.69. The van der Waals surface area contributed by atoms with Crippen molar-refractivity contribution in [2.45, 2.75) is 31.7 Å². The molecule has 0 radical (unpaired) electrons. The zero-order valence-corrected chi connectivity index (χ0v) is 14.1. The predicted molar refractivity (Wildman–Crippen MR) is 94.8 cm³/mol. The van der Waals surface area contributed by atoms with Crippen molar-refractivity contribution in [1.29, 1.82) is 0 Å². The molecule has 0 unspecified atom stereocenters. The molecule has 1 heterocycles. The van der Waals surface area contributed by atoms with Crippen molar-refractivity contribution in [2.24, 2.45) is 0 Å². The van der Waals surface area contributed by atoms with E-state index in [1.807, 2.05) is 12.1 Å². The number of thiocarbonyl (C=S) groups is 1. The minimum absolute atomic E-state index is 0.604. The quantitative estimate of drug-likeness (QED) is 0.865. The molecule has 1 saturated heterocycles. The van der Waals surface area contributed by atoms with Crippen molar-refractivity contribution < 1.29 is 4.74 Å². The summed E-state index contributed by atoms with van der Waals surface area (Å²) in [5.41, 5.74) is 1.26. The van der Waals surface area contributed by atoms with Gasteiger partial charge < -0.3 is 19.9 Å². The highest BCUT2D eigenvalue weighted by Crippen LogP contribution is 2.21. The zero-order chi connectivity index (χ0) is 15.4. The van der Waals surface area contributed by atoms with Gasteiger partial charge in [-0.1, -0.05) is 12.8 Å². The Kier molecular flexibility index (Phi) is 5.03. The van der Waals surface area contributed by atoms with Crippen LogP contribution in [-0.4, -0.2) is 49.3 Å². The molecule has 0 aromatic heterocycles. The summed E-state index contributed by atoms with van der Waals surface area (Å²) in [5.74, 6) is 0.907. The highest BCUT2D eigenvalue weighted by atomic mass is 32.1. The average molecular weight is 319 g/mol. The van der Waals surface area contributed by atoms with E-state index < -0.39 is 0 Å². The maximum Gasteiger partial charge on any atom is 0.169 e. The van der Waals surface area contributed by atoms with Gasteiger partial charge in [-0.2, -0.15) is 0 Å². The van der Waals surface area contributed by atoms with Crippen LogP contribution in [0.5, 0.6) is 5.75 Å². The second kappa shape index (κ2) is 7.18. The van der Waals surface area contributed by atoms with Gasteiger partial charge in [-0.25, -0.2) is 0 Å². The topological polar surface area (TPSA) is 27.7 Å². The summed E-state index contributed by atoms with van der Waals surface area (Å²) in [6.45, 7) is 4.01. The standard InChI is InChI=1S/C17H25N3OS/c1-21-16-8-6-15(7-9-16)19-10-12-20(13-11-19)17(22)18-14-4-2-3-5-14/h6-9,14H,2-5,10-13H2,1H3,(H,18,22). The molecule has 0 atom stereocenters. The minimum Gasteiger partial charge on any atom is -0.497 e. The van der Waals surface area contributed by atoms with E-state index in [9.17, 15) is 0 Å². The molecule has 3 rings (SSSR count). The number of benzene rings is 1. The first-order valence-electron chi connectivity index (χ1n) is 8.21. The number of rotatable bonds is 3. The molecular formula is C17H25N3OS. The second-order valence-electron chi connectivity index (χ2n) is 6.10. The van der Waals surface area contributed by atoms with Crippen LogP contribution >= 0.6 is 12.2 Å². The molecule has 4 nitrogen and oxygen atoms in total. The maximum absolute atomic E-state index is 5.58. The number of anilines is 1. The fraction of sp³-hybridized carbons (Fsp3) is 0.588. The van der Waals surface area contributed by atoms with Crippen LogP contribution in [-0.2, 0) is 0 Å². The Balaban J connectivity index is 1.49. The largest absolute Gasteiger partial charge is 0.497 e. The number of nitrogens with zero attached hydrogens (tertiary/aromatic N) is 2. The van der Waals surface area contributed by atoms with Crippen LogP contribution in [0.15, 0.2) is 24.3 Å². The molecule has 22 heavy (non-hydrogen) atoms. The molecule has 1 saturated carbocycles. The van der Waals surface area contributed by atoms with E-state index in [-0.39, 0.29) is 0 Å². The fourth-order valence-corrected chi connectivity index (χ4v) is 3.65. The molecular weight excluding hydrogens is 294 g/mol. The minimum atomic E-state index is 0.604. The predicted octanol–water partition coefficient (Wildman–Crippen LogP) is 2.63. The number of methoxy groups -OCH3 is 1. The molecule has 1 N–H and O–H groups in total. The van der Waals surface area contributed by atoms with Gasteiger partial charge in [-0.3, -0.25) is 0 Å². The highest BCUT2D eigenvalue weighted by Gasteiger charge is 2.22. The smallest absolute Gasteiger partial charge is 0.169 e. The van der Waals surface area contributed by atoms with Crippen LogP contribution in [0.1, 0.15) is 25.7 Å².